The second-order valence-corrected chi connectivity index (χ2v) is 4.30. The highest BCUT2D eigenvalue weighted by Crippen LogP contribution is 2.11. The zero-order valence-electron chi connectivity index (χ0n) is 10.4. The summed E-state index contributed by atoms with van der Waals surface area (Å²) in [6.07, 6.45) is 0.0654. The molecule has 0 aromatic carbocycles. The van der Waals surface area contributed by atoms with E-state index in [9.17, 15) is 9.59 Å². The van der Waals surface area contributed by atoms with Gasteiger partial charge in [-0.15, -0.1) is 0 Å². The van der Waals surface area contributed by atoms with Crippen molar-refractivity contribution in [1.82, 2.24) is 15.5 Å². The summed E-state index contributed by atoms with van der Waals surface area (Å²) in [5.74, 6) is -0.859. The lowest BCUT2D eigenvalue weighted by atomic mass is 10.1. The largest absolute Gasteiger partial charge is 0.481 e. The van der Waals surface area contributed by atoms with Gasteiger partial charge in [-0.1, -0.05) is 0 Å². The summed E-state index contributed by atoms with van der Waals surface area (Å²) >= 11 is 0. The first-order chi connectivity index (χ1) is 8.06. The van der Waals surface area contributed by atoms with Gasteiger partial charge in [-0.25, -0.2) is 0 Å². The fraction of sp³-hybridized carbons (Fsp3) is 0.818. The Hall–Kier alpha value is -1.14. The van der Waals surface area contributed by atoms with Crippen LogP contribution in [0.1, 0.15) is 20.3 Å². The van der Waals surface area contributed by atoms with E-state index in [0.29, 0.717) is 19.6 Å². The first-order valence-corrected chi connectivity index (χ1v) is 6.02. The van der Waals surface area contributed by atoms with Crippen molar-refractivity contribution < 1.29 is 14.7 Å². The van der Waals surface area contributed by atoms with Crippen LogP contribution in [-0.2, 0) is 9.59 Å². The van der Waals surface area contributed by atoms with Crippen LogP contribution in [0.4, 0.5) is 0 Å². The number of likely N-dealkylation sites (N-methyl/N-ethyl adjacent to an activating group) is 1. The predicted molar refractivity (Wildman–Crippen MR) is 63.8 cm³/mol. The van der Waals surface area contributed by atoms with Crippen molar-refractivity contribution in [3.8, 4) is 0 Å². The molecule has 0 spiro atoms. The van der Waals surface area contributed by atoms with E-state index in [0.717, 1.165) is 6.54 Å². The fourth-order valence-corrected chi connectivity index (χ4v) is 2.15. The predicted octanol–water partition coefficient (Wildman–Crippen LogP) is -0.740. The number of amides is 1. The summed E-state index contributed by atoms with van der Waals surface area (Å²) in [5, 5.41) is 14.7. The summed E-state index contributed by atoms with van der Waals surface area (Å²) in [6, 6.07) is -0.389. The monoisotopic (exact) mass is 243 g/mol. The second-order valence-electron chi connectivity index (χ2n) is 4.30. The Labute approximate surface area is 101 Å². The number of aliphatic carboxylic acids is 1. The van der Waals surface area contributed by atoms with Crippen LogP contribution in [0.5, 0.6) is 0 Å². The molecule has 0 aromatic heterocycles. The van der Waals surface area contributed by atoms with E-state index >= 15 is 0 Å². The summed E-state index contributed by atoms with van der Waals surface area (Å²) in [4.78, 5) is 24.5. The van der Waals surface area contributed by atoms with Gasteiger partial charge in [0.05, 0.1) is 6.42 Å². The van der Waals surface area contributed by atoms with Crippen LogP contribution in [0.2, 0.25) is 0 Å². The molecule has 0 bridgehead atoms. The molecule has 0 radical (unpaired) electrons. The second kappa shape index (κ2) is 6.56. The van der Waals surface area contributed by atoms with Crippen LogP contribution in [0, 0.1) is 0 Å². The molecule has 0 saturated carbocycles. The minimum absolute atomic E-state index is 0.0306. The van der Waals surface area contributed by atoms with E-state index in [1.807, 2.05) is 18.7 Å². The standard InChI is InChI=1S/C11H21N3O3/c1-3-13-11(17)9-7-12-4-5-14(9)8(2)6-10(15)16/h8-9,12H,3-7H2,1-2H3,(H,13,17)(H,15,16). The molecule has 1 amide bonds. The molecule has 1 rings (SSSR count). The molecule has 1 fully saturated rings. The Morgan fingerprint density at radius 1 is 1.59 bits per heavy atom. The number of rotatable bonds is 5. The number of carbonyl (C=O) groups excluding carboxylic acids is 1. The number of nitrogens with one attached hydrogen (secondary N) is 2. The zero-order valence-corrected chi connectivity index (χ0v) is 10.4. The SMILES string of the molecule is CCNC(=O)C1CNCCN1C(C)CC(=O)O. The molecule has 2 atom stereocenters. The molecule has 17 heavy (non-hydrogen) atoms. The number of hydrogen-bond donors (Lipinski definition) is 3. The van der Waals surface area contributed by atoms with Gasteiger partial charge in [0.25, 0.3) is 0 Å². The number of piperazine rings is 1. The Bertz CT molecular complexity index is 283. The number of carboxylic acid groups (broad SMARTS) is 1. The molecule has 2 unspecified atom stereocenters. The quantitative estimate of drug-likeness (QED) is 0.592. The molecule has 1 aliphatic rings. The molecular formula is C11H21N3O3. The van der Waals surface area contributed by atoms with Crippen molar-refractivity contribution >= 4 is 11.9 Å². The average Bonchev–Trinajstić information content (AvgIpc) is 2.28. The maximum absolute atomic E-state index is 11.9. The lowest BCUT2D eigenvalue weighted by Gasteiger charge is -2.38. The Balaban J connectivity index is 2.64. The molecule has 1 heterocycles. The third kappa shape index (κ3) is 3.98. The summed E-state index contributed by atoms with van der Waals surface area (Å²) in [5.41, 5.74) is 0. The highest BCUT2D eigenvalue weighted by Gasteiger charge is 2.32. The van der Waals surface area contributed by atoms with E-state index in [-0.39, 0.29) is 24.4 Å². The van der Waals surface area contributed by atoms with Crippen LogP contribution in [0.3, 0.4) is 0 Å². The Morgan fingerprint density at radius 3 is 2.88 bits per heavy atom. The van der Waals surface area contributed by atoms with E-state index in [2.05, 4.69) is 10.6 Å². The lowest BCUT2D eigenvalue weighted by Crippen LogP contribution is -2.60. The van der Waals surface area contributed by atoms with Gasteiger partial charge in [0.15, 0.2) is 0 Å². The fourth-order valence-electron chi connectivity index (χ4n) is 2.15. The smallest absolute Gasteiger partial charge is 0.304 e. The summed E-state index contributed by atoms with van der Waals surface area (Å²) < 4.78 is 0. The summed E-state index contributed by atoms with van der Waals surface area (Å²) in [7, 11) is 0. The van der Waals surface area contributed by atoms with Gasteiger partial charge in [-0.05, 0) is 13.8 Å². The number of carboxylic acids is 1. The molecular weight excluding hydrogens is 222 g/mol. The normalized spacial score (nSPS) is 23.1. The molecule has 98 valence electrons. The van der Waals surface area contributed by atoms with Crippen molar-refractivity contribution in [2.75, 3.05) is 26.2 Å². The van der Waals surface area contributed by atoms with Gasteiger partial charge in [0.2, 0.25) is 5.91 Å². The summed E-state index contributed by atoms with van der Waals surface area (Å²) in [6.45, 7) is 6.40. The highest BCUT2D eigenvalue weighted by atomic mass is 16.4. The van der Waals surface area contributed by atoms with Crippen molar-refractivity contribution in [2.24, 2.45) is 0 Å². The van der Waals surface area contributed by atoms with Crippen LogP contribution in [0.25, 0.3) is 0 Å². The number of hydrogen-bond acceptors (Lipinski definition) is 4. The van der Waals surface area contributed by atoms with Crippen LogP contribution in [-0.4, -0.2) is 60.1 Å². The molecule has 1 aliphatic heterocycles. The van der Waals surface area contributed by atoms with Crippen molar-refractivity contribution in [3.05, 3.63) is 0 Å². The zero-order chi connectivity index (χ0) is 12.8. The van der Waals surface area contributed by atoms with Gasteiger partial charge >= 0.3 is 5.97 Å². The van der Waals surface area contributed by atoms with Crippen LogP contribution >= 0.6 is 0 Å². The van der Waals surface area contributed by atoms with Gasteiger partial charge in [-0.2, -0.15) is 0 Å². The van der Waals surface area contributed by atoms with Gasteiger partial charge in [0.1, 0.15) is 6.04 Å². The van der Waals surface area contributed by atoms with Crippen molar-refractivity contribution in [1.29, 1.82) is 0 Å². The first-order valence-electron chi connectivity index (χ1n) is 6.02. The third-order valence-electron chi connectivity index (χ3n) is 2.97. The third-order valence-corrected chi connectivity index (χ3v) is 2.97. The first kappa shape index (κ1) is 13.9. The molecule has 0 aliphatic carbocycles. The van der Waals surface area contributed by atoms with E-state index in [4.69, 9.17) is 5.11 Å². The van der Waals surface area contributed by atoms with Crippen LogP contribution < -0.4 is 10.6 Å². The molecule has 0 aromatic rings. The maximum atomic E-state index is 11.9. The van der Waals surface area contributed by atoms with E-state index < -0.39 is 5.97 Å². The number of carbonyl (C=O) groups is 2. The van der Waals surface area contributed by atoms with Gasteiger partial charge < -0.3 is 15.7 Å². The van der Waals surface area contributed by atoms with Gasteiger partial charge in [0, 0.05) is 32.2 Å². The molecule has 1 saturated heterocycles. The molecule has 3 N–H and O–H groups in total. The minimum Gasteiger partial charge on any atom is -0.481 e. The number of nitrogens with zero attached hydrogens (tertiary/aromatic N) is 1. The van der Waals surface area contributed by atoms with Crippen molar-refractivity contribution in [3.63, 3.8) is 0 Å². The topological polar surface area (TPSA) is 81.7 Å². The lowest BCUT2D eigenvalue weighted by molar-refractivity contribution is -0.140. The highest BCUT2D eigenvalue weighted by molar-refractivity contribution is 5.82. The van der Waals surface area contributed by atoms with Gasteiger partial charge in [-0.3, -0.25) is 14.5 Å². The molecule has 6 heteroatoms. The maximum Gasteiger partial charge on any atom is 0.304 e. The molecule has 6 nitrogen and oxygen atoms in total. The Kier molecular flexibility index (Phi) is 5.37. The van der Waals surface area contributed by atoms with Crippen molar-refractivity contribution in [2.45, 2.75) is 32.4 Å². The minimum atomic E-state index is -0.828. The Morgan fingerprint density at radius 2 is 2.29 bits per heavy atom. The van der Waals surface area contributed by atoms with Crippen LogP contribution in [0.15, 0.2) is 0 Å². The van der Waals surface area contributed by atoms with E-state index in [1.54, 1.807) is 0 Å². The average molecular weight is 243 g/mol. The van der Waals surface area contributed by atoms with E-state index in [1.165, 1.54) is 0 Å².